The number of carboxylic acids is 1. The Morgan fingerprint density at radius 1 is 1.14 bits per heavy atom. The van der Waals surface area contributed by atoms with E-state index in [0.717, 1.165) is 13.0 Å². The molecule has 0 saturated carbocycles. The number of para-hydroxylation sites is 1. The van der Waals surface area contributed by atoms with E-state index in [9.17, 15) is 9.59 Å². The Balaban J connectivity index is 2.59. The lowest BCUT2D eigenvalue weighted by Gasteiger charge is -2.20. The molecule has 1 aromatic rings. The molecular formula is C15H23N3O3. The average Bonchev–Trinajstić information content (AvgIpc) is 2.39. The highest BCUT2D eigenvalue weighted by molar-refractivity contribution is 5.90. The molecule has 0 fully saturated rings. The molecule has 0 bridgehead atoms. The van der Waals surface area contributed by atoms with Gasteiger partial charge in [0.25, 0.3) is 0 Å². The number of amides is 2. The number of carbonyl (C=O) groups excluding carboxylic acids is 1. The standard InChI is InChI=1S/C15H23N3O3/c1-17(2)9-6-10-18(3)15(21)16-13-8-5-4-7-12(13)11-14(19)20/h4-5,7-8H,6,9-11H2,1-3H3,(H,16,21)(H,19,20). The van der Waals surface area contributed by atoms with Gasteiger partial charge in [0.05, 0.1) is 6.42 Å². The lowest BCUT2D eigenvalue weighted by molar-refractivity contribution is -0.136. The molecule has 6 nitrogen and oxygen atoms in total. The topological polar surface area (TPSA) is 72.9 Å². The van der Waals surface area contributed by atoms with Crippen LogP contribution in [0.1, 0.15) is 12.0 Å². The van der Waals surface area contributed by atoms with E-state index >= 15 is 0 Å². The summed E-state index contributed by atoms with van der Waals surface area (Å²) in [4.78, 5) is 26.6. The van der Waals surface area contributed by atoms with Gasteiger partial charge in [-0.15, -0.1) is 0 Å². The predicted molar refractivity (Wildman–Crippen MR) is 82.6 cm³/mol. The highest BCUT2D eigenvalue weighted by Crippen LogP contribution is 2.16. The zero-order chi connectivity index (χ0) is 15.8. The number of nitrogens with one attached hydrogen (secondary N) is 1. The van der Waals surface area contributed by atoms with Gasteiger partial charge in [-0.25, -0.2) is 4.79 Å². The van der Waals surface area contributed by atoms with Crippen LogP contribution in [-0.4, -0.2) is 61.1 Å². The van der Waals surface area contributed by atoms with Gasteiger partial charge in [-0.05, 0) is 38.7 Å². The maximum atomic E-state index is 12.1. The van der Waals surface area contributed by atoms with Crippen molar-refractivity contribution in [3.63, 3.8) is 0 Å². The van der Waals surface area contributed by atoms with Gasteiger partial charge in [-0.3, -0.25) is 4.79 Å². The second-order valence-corrected chi connectivity index (χ2v) is 5.24. The predicted octanol–water partition coefficient (Wildman–Crippen LogP) is 1.73. The van der Waals surface area contributed by atoms with Gasteiger partial charge in [0.1, 0.15) is 0 Å². The van der Waals surface area contributed by atoms with E-state index < -0.39 is 5.97 Å². The Bertz CT molecular complexity index is 489. The summed E-state index contributed by atoms with van der Waals surface area (Å²) in [6.07, 6.45) is 0.772. The number of anilines is 1. The Morgan fingerprint density at radius 3 is 2.43 bits per heavy atom. The molecule has 0 aliphatic heterocycles. The molecule has 0 atom stereocenters. The van der Waals surface area contributed by atoms with E-state index in [1.165, 1.54) is 0 Å². The zero-order valence-corrected chi connectivity index (χ0v) is 12.8. The summed E-state index contributed by atoms with van der Waals surface area (Å²) in [7, 11) is 5.70. The molecule has 0 aliphatic rings. The lowest BCUT2D eigenvalue weighted by Crippen LogP contribution is -2.33. The summed E-state index contributed by atoms with van der Waals surface area (Å²) in [5.41, 5.74) is 1.14. The van der Waals surface area contributed by atoms with Gasteiger partial charge >= 0.3 is 12.0 Å². The van der Waals surface area contributed by atoms with Crippen LogP contribution in [-0.2, 0) is 11.2 Å². The summed E-state index contributed by atoms with van der Waals surface area (Å²) in [6, 6.07) is 6.72. The van der Waals surface area contributed by atoms with Crippen LogP contribution in [0, 0.1) is 0 Å². The zero-order valence-electron chi connectivity index (χ0n) is 12.8. The molecule has 116 valence electrons. The third kappa shape index (κ3) is 6.27. The normalized spacial score (nSPS) is 10.5. The SMILES string of the molecule is CN(C)CCCN(C)C(=O)Nc1ccccc1CC(=O)O. The van der Waals surface area contributed by atoms with Crippen molar-refractivity contribution in [1.29, 1.82) is 0 Å². The highest BCUT2D eigenvalue weighted by Gasteiger charge is 2.12. The third-order valence-electron chi connectivity index (χ3n) is 3.05. The first kappa shape index (κ1) is 17.0. The van der Waals surface area contributed by atoms with Gasteiger partial charge < -0.3 is 20.2 Å². The molecule has 6 heteroatoms. The Hall–Kier alpha value is -2.08. The van der Waals surface area contributed by atoms with Crippen molar-refractivity contribution in [2.45, 2.75) is 12.8 Å². The van der Waals surface area contributed by atoms with Crippen molar-refractivity contribution in [1.82, 2.24) is 9.80 Å². The molecule has 0 aliphatic carbocycles. The molecule has 0 spiro atoms. The van der Waals surface area contributed by atoms with Gasteiger partial charge in [0.2, 0.25) is 0 Å². The second kappa shape index (κ2) is 8.26. The van der Waals surface area contributed by atoms with Gasteiger partial charge in [-0.1, -0.05) is 18.2 Å². The summed E-state index contributed by atoms with van der Waals surface area (Å²) in [6.45, 7) is 1.55. The molecule has 1 rings (SSSR count). The quantitative estimate of drug-likeness (QED) is 0.803. The van der Waals surface area contributed by atoms with E-state index in [2.05, 4.69) is 10.2 Å². The molecule has 0 heterocycles. The first-order valence-electron chi connectivity index (χ1n) is 6.86. The Kier molecular flexibility index (Phi) is 6.68. The van der Waals surface area contributed by atoms with E-state index in [1.54, 1.807) is 36.2 Å². The molecular weight excluding hydrogens is 270 g/mol. The second-order valence-electron chi connectivity index (χ2n) is 5.24. The molecule has 1 aromatic carbocycles. The number of aliphatic carboxylic acids is 1. The van der Waals surface area contributed by atoms with Crippen LogP contribution in [0.5, 0.6) is 0 Å². The van der Waals surface area contributed by atoms with Gasteiger partial charge in [0.15, 0.2) is 0 Å². The molecule has 0 unspecified atom stereocenters. The van der Waals surface area contributed by atoms with E-state index in [1.807, 2.05) is 14.1 Å². The van der Waals surface area contributed by atoms with Gasteiger partial charge in [0, 0.05) is 19.3 Å². The van der Waals surface area contributed by atoms with Crippen molar-refractivity contribution in [2.75, 3.05) is 39.5 Å². The smallest absolute Gasteiger partial charge is 0.321 e. The maximum Gasteiger partial charge on any atom is 0.321 e. The fraction of sp³-hybridized carbons (Fsp3) is 0.467. The van der Waals surface area contributed by atoms with Crippen molar-refractivity contribution in [3.05, 3.63) is 29.8 Å². The van der Waals surface area contributed by atoms with Crippen molar-refractivity contribution < 1.29 is 14.7 Å². The van der Waals surface area contributed by atoms with Crippen LogP contribution in [0.25, 0.3) is 0 Å². The van der Waals surface area contributed by atoms with Gasteiger partial charge in [-0.2, -0.15) is 0 Å². The largest absolute Gasteiger partial charge is 0.481 e. The number of rotatable bonds is 7. The van der Waals surface area contributed by atoms with Crippen molar-refractivity contribution in [2.24, 2.45) is 0 Å². The van der Waals surface area contributed by atoms with E-state index in [0.29, 0.717) is 17.8 Å². The maximum absolute atomic E-state index is 12.1. The average molecular weight is 293 g/mol. The molecule has 0 aromatic heterocycles. The fourth-order valence-electron chi connectivity index (χ4n) is 1.90. The van der Waals surface area contributed by atoms with Crippen LogP contribution in [0.4, 0.5) is 10.5 Å². The molecule has 0 saturated heterocycles. The number of carbonyl (C=O) groups is 2. The number of benzene rings is 1. The summed E-state index contributed by atoms with van der Waals surface area (Å²) in [5.74, 6) is -0.920. The minimum atomic E-state index is -0.920. The summed E-state index contributed by atoms with van der Waals surface area (Å²) < 4.78 is 0. The van der Waals surface area contributed by atoms with Crippen LogP contribution in [0.3, 0.4) is 0 Å². The number of urea groups is 1. The third-order valence-corrected chi connectivity index (χ3v) is 3.05. The van der Waals surface area contributed by atoms with Crippen LogP contribution < -0.4 is 5.32 Å². The lowest BCUT2D eigenvalue weighted by atomic mass is 10.1. The molecule has 21 heavy (non-hydrogen) atoms. The monoisotopic (exact) mass is 293 g/mol. The van der Waals surface area contributed by atoms with E-state index in [-0.39, 0.29) is 12.5 Å². The molecule has 0 radical (unpaired) electrons. The van der Waals surface area contributed by atoms with Crippen molar-refractivity contribution in [3.8, 4) is 0 Å². The number of carboxylic acid groups (broad SMARTS) is 1. The van der Waals surface area contributed by atoms with Crippen LogP contribution >= 0.6 is 0 Å². The fourth-order valence-corrected chi connectivity index (χ4v) is 1.90. The van der Waals surface area contributed by atoms with Crippen LogP contribution in [0.15, 0.2) is 24.3 Å². The molecule has 2 amide bonds. The summed E-state index contributed by atoms with van der Waals surface area (Å²) in [5, 5.41) is 11.6. The minimum Gasteiger partial charge on any atom is -0.481 e. The summed E-state index contributed by atoms with van der Waals surface area (Å²) >= 11 is 0. The minimum absolute atomic E-state index is 0.110. The van der Waals surface area contributed by atoms with Crippen LogP contribution in [0.2, 0.25) is 0 Å². The first-order valence-corrected chi connectivity index (χ1v) is 6.86. The Labute approximate surface area is 125 Å². The Morgan fingerprint density at radius 2 is 1.81 bits per heavy atom. The number of hydrogen-bond donors (Lipinski definition) is 2. The highest BCUT2D eigenvalue weighted by atomic mass is 16.4. The number of hydrogen-bond acceptors (Lipinski definition) is 3. The number of nitrogens with zero attached hydrogens (tertiary/aromatic N) is 2. The first-order chi connectivity index (χ1) is 9.90. The molecule has 2 N–H and O–H groups in total. The van der Waals surface area contributed by atoms with E-state index in [4.69, 9.17) is 5.11 Å². The van der Waals surface area contributed by atoms with Crippen molar-refractivity contribution >= 4 is 17.7 Å².